The molecular weight excluding hydrogens is 363 g/mol. The van der Waals surface area contributed by atoms with Crippen molar-refractivity contribution < 1.29 is 9.18 Å². The summed E-state index contributed by atoms with van der Waals surface area (Å²) in [6, 6.07) is 4.18. The molecule has 0 saturated carbocycles. The van der Waals surface area contributed by atoms with Crippen LogP contribution in [0.5, 0.6) is 0 Å². The Balaban J connectivity index is 2.25. The van der Waals surface area contributed by atoms with Gasteiger partial charge in [-0.3, -0.25) is 9.79 Å². The standard InChI is InChI=1S/C16H18BrFN4O/c1-2-20-15(17)12(8-19)9-22-6-5-21-16(22)14-4-3-13(18)7-11(14)10-23/h3-8,10,16,21H,2,9,19H2,1H3. The van der Waals surface area contributed by atoms with Crippen LogP contribution in [-0.4, -0.2) is 28.9 Å². The monoisotopic (exact) mass is 380 g/mol. The topological polar surface area (TPSA) is 70.7 Å². The van der Waals surface area contributed by atoms with Gasteiger partial charge in [0.1, 0.15) is 16.6 Å². The number of benzene rings is 1. The molecule has 0 fully saturated rings. The quantitative estimate of drug-likeness (QED) is 0.587. The van der Waals surface area contributed by atoms with Crippen LogP contribution in [0.1, 0.15) is 29.0 Å². The first-order valence-electron chi connectivity index (χ1n) is 7.14. The summed E-state index contributed by atoms with van der Waals surface area (Å²) >= 11 is 3.41. The van der Waals surface area contributed by atoms with Crippen LogP contribution in [0.4, 0.5) is 4.39 Å². The molecule has 1 aliphatic heterocycles. The maximum absolute atomic E-state index is 13.3. The van der Waals surface area contributed by atoms with E-state index < -0.39 is 5.82 Å². The highest BCUT2D eigenvalue weighted by Gasteiger charge is 2.24. The second-order valence-electron chi connectivity index (χ2n) is 4.91. The summed E-state index contributed by atoms with van der Waals surface area (Å²) in [6.07, 6.45) is 5.52. The number of rotatable bonds is 6. The van der Waals surface area contributed by atoms with Gasteiger partial charge in [-0.1, -0.05) is 6.07 Å². The zero-order chi connectivity index (χ0) is 16.8. The SMILES string of the molecule is CCN=C(Br)C(=CN)CN1C=CNC1c1ccc(F)cc1C=O. The van der Waals surface area contributed by atoms with Crippen LogP contribution < -0.4 is 11.1 Å². The summed E-state index contributed by atoms with van der Waals surface area (Å²) in [7, 11) is 0. The predicted octanol–water partition coefficient (Wildman–Crippen LogP) is 2.67. The number of nitrogens with zero attached hydrogens (tertiary/aromatic N) is 2. The summed E-state index contributed by atoms with van der Waals surface area (Å²) in [5, 5.41) is 3.16. The number of carbonyl (C=O) groups is 1. The molecule has 7 heteroatoms. The fourth-order valence-corrected chi connectivity index (χ4v) is 2.85. The first-order valence-corrected chi connectivity index (χ1v) is 7.94. The molecule has 0 spiro atoms. The van der Waals surface area contributed by atoms with Gasteiger partial charge in [-0.25, -0.2) is 4.39 Å². The lowest BCUT2D eigenvalue weighted by atomic mass is 10.0. The Morgan fingerprint density at radius 3 is 3.00 bits per heavy atom. The lowest BCUT2D eigenvalue weighted by Gasteiger charge is -2.27. The highest BCUT2D eigenvalue weighted by Crippen LogP contribution is 2.26. The molecule has 0 saturated heterocycles. The van der Waals surface area contributed by atoms with Crippen LogP contribution in [-0.2, 0) is 0 Å². The van der Waals surface area contributed by atoms with Gasteiger partial charge in [-0.2, -0.15) is 0 Å². The Morgan fingerprint density at radius 1 is 1.57 bits per heavy atom. The molecule has 1 heterocycles. The smallest absolute Gasteiger partial charge is 0.150 e. The maximum Gasteiger partial charge on any atom is 0.150 e. The second-order valence-corrected chi connectivity index (χ2v) is 5.66. The molecule has 5 nitrogen and oxygen atoms in total. The number of aldehydes is 1. The Labute approximate surface area is 142 Å². The van der Waals surface area contributed by atoms with E-state index in [2.05, 4.69) is 26.2 Å². The number of carbonyl (C=O) groups excluding carboxylic acids is 1. The Kier molecular flexibility index (Phi) is 5.92. The summed E-state index contributed by atoms with van der Waals surface area (Å²) in [5.74, 6) is -0.436. The second kappa shape index (κ2) is 7.92. The molecule has 0 aromatic heterocycles. The number of nitrogens with one attached hydrogen (secondary N) is 1. The summed E-state index contributed by atoms with van der Waals surface area (Å²) in [4.78, 5) is 17.5. The molecule has 0 amide bonds. The summed E-state index contributed by atoms with van der Waals surface area (Å²) in [5.41, 5.74) is 7.53. The minimum atomic E-state index is -0.436. The van der Waals surface area contributed by atoms with E-state index in [4.69, 9.17) is 5.73 Å². The number of hydrogen-bond donors (Lipinski definition) is 2. The third-order valence-electron chi connectivity index (χ3n) is 3.44. The zero-order valence-corrected chi connectivity index (χ0v) is 14.3. The molecule has 122 valence electrons. The van der Waals surface area contributed by atoms with Gasteiger partial charge in [0.05, 0.1) is 0 Å². The van der Waals surface area contributed by atoms with Gasteiger partial charge < -0.3 is 16.0 Å². The molecule has 3 N–H and O–H groups in total. The lowest BCUT2D eigenvalue weighted by Crippen LogP contribution is -2.30. The van der Waals surface area contributed by atoms with Crippen molar-refractivity contribution in [3.63, 3.8) is 0 Å². The molecular formula is C16H18BrFN4O. The van der Waals surface area contributed by atoms with E-state index >= 15 is 0 Å². The molecule has 1 atom stereocenters. The lowest BCUT2D eigenvalue weighted by molar-refractivity contribution is 0.112. The fourth-order valence-electron chi connectivity index (χ4n) is 2.34. The Bertz CT molecular complexity index is 672. The van der Waals surface area contributed by atoms with Crippen molar-refractivity contribution in [1.82, 2.24) is 10.2 Å². The van der Waals surface area contributed by atoms with Crippen molar-refractivity contribution in [1.29, 1.82) is 0 Å². The van der Waals surface area contributed by atoms with Crippen LogP contribution >= 0.6 is 15.9 Å². The van der Waals surface area contributed by atoms with E-state index in [0.717, 1.165) is 5.57 Å². The third-order valence-corrected chi connectivity index (χ3v) is 4.20. The van der Waals surface area contributed by atoms with Crippen molar-refractivity contribution in [2.45, 2.75) is 13.1 Å². The van der Waals surface area contributed by atoms with Crippen molar-refractivity contribution in [2.75, 3.05) is 13.1 Å². The number of nitrogens with two attached hydrogens (primary N) is 1. The van der Waals surface area contributed by atoms with Crippen LogP contribution in [0.2, 0.25) is 0 Å². The highest BCUT2D eigenvalue weighted by atomic mass is 79.9. The largest absolute Gasteiger partial charge is 0.404 e. The van der Waals surface area contributed by atoms with E-state index in [1.165, 1.54) is 18.3 Å². The molecule has 1 aromatic rings. The third kappa shape index (κ3) is 3.98. The zero-order valence-electron chi connectivity index (χ0n) is 12.7. The number of aliphatic imine (C=N–C) groups is 1. The summed E-state index contributed by atoms with van der Waals surface area (Å²) < 4.78 is 14.0. The van der Waals surface area contributed by atoms with Crippen LogP contribution in [0, 0.1) is 5.82 Å². The average Bonchev–Trinajstić information content (AvgIpc) is 3.00. The van der Waals surface area contributed by atoms with Gasteiger partial charge in [-0.05, 0) is 35.0 Å². The van der Waals surface area contributed by atoms with Gasteiger partial charge in [0.2, 0.25) is 0 Å². The van der Waals surface area contributed by atoms with Gasteiger partial charge in [0.25, 0.3) is 0 Å². The molecule has 2 rings (SSSR count). The molecule has 1 unspecified atom stereocenters. The molecule has 0 bridgehead atoms. The Morgan fingerprint density at radius 2 is 2.35 bits per heavy atom. The van der Waals surface area contributed by atoms with Gasteiger partial charge in [0, 0.05) is 48.4 Å². The molecule has 1 aliphatic rings. The number of hydrogen-bond acceptors (Lipinski definition) is 5. The highest BCUT2D eigenvalue weighted by molar-refractivity contribution is 9.18. The molecule has 0 radical (unpaired) electrons. The maximum atomic E-state index is 13.3. The van der Waals surface area contributed by atoms with Crippen molar-refractivity contribution in [3.05, 3.63) is 59.3 Å². The predicted molar refractivity (Wildman–Crippen MR) is 92.7 cm³/mol. The average molecular weight is 381 g/mol. The van der Waals surface area contributed by atoms with Crippen LogP contribution in [0.15, 0.2) is 47.4 Å². The van der Waals surface area contributed by atoms with Gasteiger partial charge in [0.15, 0.2) is 6.29 Å². The van der Waals surface area contributed by atoms with Crippen molar-refractivity contribution in [2.24, 2.45) is 10.7 Å². The van der Waals surface area contributed by atoms with Crippen molar-refractivity contribution >= 4 is 26.8 Å². The number of halogens is 2. The van der Waals surface area contributed by atoms with Gasteiger partial charge >= 0.3 is 0 Å². The normalized spacial score (nSPS) is 18.2. The van der Waals surface area contributed by atoms with Crippen molar-refractivity contribution in [3.8, 4) is 0 Å². The van der Waals surface area contributed by atoms with Gasteiger partial charge in [-0.15, -0.1) is 0 Å². The van der Waals surface area contributed by atoms with Crippen LogP contribution in [0.25, 0.3) is 0 Å². The molecule has 1 aromatic carbocycles. The van der Waals surface area contributed by atoms with Crippen LogP contribution in [0.3, 0.4) is 0 Å². The van der Waals surface area contributed by atoms with E-state index in [1.54, 1.807) is 12.3 Å². The van der Waals surface area contributed by atoms with E-state index in [0.29, 0.717) is 35.1 Å². The molecule has 23 heavy (non-hydrogen) atoms. The van der Waals surface area contributed by atoms with E-state index in [9.17, 15) is 9.18 Å². The minimum absolute atomic E-state index is 0.271. The van der Waals surface area contributed by atoms with E-state index in [1.807, 2.05) is 18.0 Å². The minimum Gasteiger partial charge on any atom is -0.404 e. The molecule has 0 aliphatic carbocycles. The Hall–Kier alpha value is -2.15. The first-order chi connectivity index (χ1) is 11.1. The fraction of sp³-hybridized carbons (Fsp3) is 0.250. The summed E-state index contributed by atoms with van der Waals surface area (Å²) in [6.45, 7) is 3.07. The van der Waals surface area contributed by atoms with E-state index in [-0.39, 0.29) is 6.17 Å². The first kappa shape index (κ1) is 17.2.